The number of morpholine rings is 1. The van der Waals surface area contributed by atoms with Crippen LogP contribution in [-0.2, 0) is 16.6 Å². The number of anilines is 1. The Morgan fingerprint density at radius 1 is 1.14 bits per heavy atom. The van der Waals surface area contributed by atoms with Gasteiger partial charge in [0.2, 0.25) is 0 Å². The highest BCUT2D eigenvalue weighted by Crippen LogP contribution is 2.51. The van der Waals surface area contributed by atoms with Crippen LogP contribution in [0.25, 0.3) is 5.57 Å². The van der Waals surface area contributed by atoms with Crippen LogP contribution < -0.4 is 4.90 Å². The van der Waals surface area contributed by atoms with E-state index in [0.29, 0.717) is 30.8 Å². The first-order valence-corrected chi connectivity index (χ1v) is 9.93. The molecule has 5 rings (SSSR count). The van der Waals surface area contributed by atoms with E-state index in [2.05, 4.69) is 24.8 Å². The van der Waals surface area contributed by atoms with Crippen molar-refractivity contribution in [3.63, 3.8) is 0 Å². The molecule has 0 spiro atoms. The molecule has 0 unspecified atom stereocenters. The third-order valence-electron chi connectivity index (χ3n) is 6.54. The molecule has 2 aromatic rings. The summed E-state index contributed by atoms with van der Waals surface area (Å²) in [5, 5.41) is 20.0. The number of allylic oxidation sites excluding steroid dienone is 2. The Morgan fingerprint density at radius 2 is 1.90 bits per heavy atom. The summed E-state index contributed by atoms with van der Waals surface area (Å²) in [7, 11) is 0. The lowest BCUT2D eigenvalue weighted by Crippen LogP contribution is -2.37. The van der Waals surface area contributed by atoms with Crippen LogP contribution in [0.15, 0.2) is 35.9 Å². The van der Waals surface area contributed by atoms with Gasteiger partial charge in [0.1, 0.15) is 5.75 Å². The molecule has 1 N–H and O–H groups in total. The van der Waals surface area contributed by atoms with E-state index in [4.69, 9.17) is 4.74 Å². The number of carbonyl (C=O) groups excluding carboxylic acids is 1. The first-order chi connectivity index (χ1) is 13.9. The highest BCUT2D eigenvalue weighted by atomic mass is 16.5. The number of fused-ring (bicyclic) bond motifs is 3. The van der Waals surface area contributed by atoms with Crippen molar-refractivity contribution < 1.29 is 14.6 Å². The summed E-state index contributed by atoms with van der Waals surface area (Å²) < 4.78 is 5.44. The molecule has 1 heterocycles. The molecule has 3 aliphatic rings. The van der Waals surface area contributed by atoms with Gasteiger partial charge in [-0.3, -0.25) is 4.79 Å². The maximum atomic E-state index is 13.5. The van der Waals surface area contributed by atoms with Crippen LogP contribution in [0.4, 0.5) is 5.69 Å². The van der Waals surface area contributed by atoms with Gasteiger partial charge in [-0.05, 0) is 52.9 Å². The molecular formula is C24H22N2O3. The lowest BCUT2D eigenvalue weighted by Gasteiger charge is -2.36. The molecule has 2 aromatic carbocycles. The molecule has 2 aliphatic carbocycles. The van der Waals surface area contributed by atoms with Gasteiger partial charge < -0.3 is 14.7 Å². The Labute approximate surface area is 169 Å². The number of hydrogen-bond acceptors (Lipinski definition) is 5. The third-order valence-corrected chi connectivity index (χ3v) is 6.54. The number of nitrogens with zero attached hydrogens (tertiary/aromatic N) is 2. The van der Waals surface area contributed by atoms with Crippen LogP contribution >= 0.6 is 0 Å². The number of ketones is 1. The summed E-state index contributed by atoms with van der Waals surface area (Å²) in [6.45, 7) is 6.99. The van der Waals surface area contributed by atoms with Crippen LogP contribution in [0, 0.1) is 11.3 Å². The van der Waals surface area contributed by atoms with Gasteiger partial charge in [-0.1, -0.05) is 19.9 Å². The van der Waals surface area contributed by atoms with Gasteiger partial charge in [0.05, 0.1) is 30.5 Å². The highest BCUT2D eigenvalue weighted by Gasteiger charge is 2.43. The van der Waals surface area contributed by atoms with Crippen LogP contribution in [0.5, 0.6) is 5.75 Å². The number of carbonyl (C=O) groups is 1. The van der Waals surface area contributed by atoms with Gasteiger partial charge in [-0.15, -0.1) is 0 Å². The SMILES string of the molecule is CC1(C)C2=C(C(=O)c3cc(O)c(N4CCOCC4)cc31)c1ccc(C#N)cc1C2. The molecule has 0 amide bonds. The molecule has 0 bridgehead atoms. The fourth-order valence-electron chi connectivity index (χ4n) is 4.92. The Balaban J connectivity index is 1.65. The predicted molar refractivity (Wildman–Crippen MR) is 110 cm³/mol. The Hall–Kier alpha value is -3.10. The van der Waals surface area contributed by atoms with Gasteiger partial charge >= 0.3 is 0 Å². The van der Waals surface area contributed by atoms with E-state index in [1.165, 1.54) is 0 Å². The summed E-state index contributed by atoms with van der Waals surface area (Å²) in [5.41, 5.74) is 6.32. The fourth-order valence-corrected chi connectivity index (χ4v) is 4.92. The first-order valence-electron chi connectivity index (χ1n) is 9.93. The molecule has 29 heavy (non-hydrogen) atoms. The summed E-state index contributed by atoms with van der Waals surface area (Å²) >= 11 is 0. The number of rotatable bonds is 1. The number of Topliss-reactive ketones (excluding diaryl/α,β-unsaturated/α-hetero) is 1. The van der Waals surface area contributed by atoms with E-state index in [9.17, 15) is 15.2 Å². The van der Waals surface area contributed by atoms with Crippen molar-refractivity contribution in [2.45, 2.75) is 25.7 Å². The van der Waals surface area contributed by atoms with E-state index in [1.54, 1.807) is 12.1 Å². The van der Waals surface area contributed by atoms with Crippen LogP contribution in [0.2, 0.25) is 0 Å². The minimum Gasteiger partial charge on any atom is -0.506 e. The number of benzene rings is 2. The number of phenols is 1. The Bertz CT molecular complexity index is 1130. The Morgan fingerprint density at radius 3 is 2.62 bits per heavy atom. The van der Waals surface area contributed by atoms with Crippen molar-refractivity contribution >= 4 is 17.0 Å². The maximum Gasteiger partial charge on any atom is 0.194 e. The number of ether oxygens (including phenoxy) is 1. The summed E-state index contributed by atoms with van der Waals surface area (Å²) in [6, 6.07) is 11.3. The summed E-state index contributed by atoms with van der Waals surface area (Å²) in [4.78, 5) is 15.6. The molecule has 0 radical (unpaired) electrons. The average Bonchev–Trinajstić information content (AvgIpc) is 3.12. The zero-order chi connectivity index (χ0) is 20.3. The number of nitriles is 1. The van der Waals surface area contributed by atoms with Crippen molar-refractivity contribution in [2.75, 3.05) is 31.2 Å². The minimum absolute atomic E-state index is 0.0402. The first kappa shape index (κ1) is 18.0. The van der Waals surface area contributed by atoms with Gasteiger partial charge in [-0.25, -0.2) is 0 Å². The molecule has 146 valence electrons. The van der Waals surface area contributed by atoms with Crippen LogP contribution in [0.3, 0.4) is 0 Å². The molecule has 5 heteroatoms. The van der Waals surface area contributed by atoms with Crippen LogP contribution in [0.1, 0.15) is 46.5 Å². The van der Waals surface area contributed by atoms with E-state index in [-0.39, 0.29) is 16.9 Å². The second-order valence-electron chi connectivity index (χ2n) is 8.45. The number of phenolic OH excluding ortho intramolecular Hbond substituents is 1. The van der Waals surface area contributed by atoms with Crippen molar-refractivity contribution in [1.82, 2.24) is 0 Å². The van der Waals surface area contributed by atoms with Crippen molar-refractivity contribution in [3.05, 3.63) is 63.7 Å². The smallest absolute Gasteiger partial charge is 0.194 e. The Kier molecular flexibility index (Phi) is 3.84. The van der Waals surface area contributed by atoms with Gasteiger partial charge in [0, 0.05) is 29.6 Å². The summed E-state index contributed by atoms with van der Waals surface area (Å²) in [6.07, 6.45) is 0.673. The monoisotopic (exact) mass is 386 g/mol. The topological polar surface area (TPSA) is 73.6 Å². The van der Waals surface area contributed by atoms with E-state index < -0.39 is 0 Å². The molecule has 1 saturated heterocycles. The normalized spacial score (nSPS) is 19.5. The predicted octanol–water partition coefficient (Wildman–Crippen LogP) is 3.58. The zero-order valence-corrected chi connectivity index (χ0v) is 16.6. The molecule has 0 atom stereocenters. The van der Waals surface area contributed by atoms with Gasteiger partial charge in [0.15, 0.2) is 5.78 Å². The molecule has 0 saturated carbocycles. The maximum absolute atomic E-state index is 13.5. The largest absolute Gasteiger partial charge is 0.506 e. The second kappa shape index (κ2) is 6.20. The van der Waals surface area contributed by atoms with E-state index >= 15 is 0 Å². The van der Waals surface area contributed by atoms with E-state index in [0.717, 1.165) is 46.6 Å². The van der Waals surface area contributed by atoms with Crippen molar-refractivity contribution in [1.29, 1.82) is 5.26 Å². The molecular weight excluding hydrogens is 364 g/mol. The second-order valence-corrected chi connectivity index (χ2v) is 8.45. The molecule has 1 aliphatic heterocycles. The molecule has 0 aromatic heterocycles. The quantitative estimate of drug-likeness (QED) is 0.811. The minimum atomic E-state index is -0.348. The van der Waals surface area contributed by atoms with E-state index in [1.807, 2.05) is 18.2 Å². The lowest BCUT2D eigenvalue weighted by atomic mass is 9.68. The van der Waals surface area contributed by atoms with Crippen molar-refractivity contribution in [3.8, 4) is 11.8 Å². The lowest BCUT2D eigenvalue weighted by molar-refractivity contribution is 0.105. The fraction of sp³-hybridized carbons (Fsp3) is 0.333. The summed E-state index contributed by atoms with van der Waals surface area (Å²) in [5.74, 6) is 0.0958. The van der Waals surface area contributed by atoms with Crippen molar-refractivity contribution in [2.24, 2.45) is 0 Å². The standard InChI is InChI=1S/C24H22N2O3/c1-24(2)18-12-20(26-5-7-29-8-6-26)21(27)11-17(18)23(28)22-16-4-3-14(13-25)9-15(16)10-19(22)24/h3-4,9,11-12,27H,5-8,10H2,1-2H3. The number of aromatic hydroxyl groups is 1. The highest BCUT2D eigenvalue weighted by molar-refractivity contribution is 6.33. The zero-order valence-electron chi connectivity index (χ0n) is 16.6. The third kappa shape index (κ3) is 2.53. The average molecular weight is 386 g/mol. The van der Waals surface area contributed by atoms with Gasteiger partial charge in [-0.2, -0.15) is 5.26 Å². The molecule has 1 fully saturated rings. The number of hydrogen-bond donors (Lipinski definition) is 1. The molecule has 5 nitrogen and oxygen atoms in total. The van der Waals surface area contributed by atoms with Gasteiger partial charge in [0.25, 0.3) is 0 Å². The van der Waals surface area contributed by atoms with Crippen LogP contribution in [-0.4, -0.2) is 37.2 Å².